The van der Waals surface area contributed by atoms with E-state index in [0.29, 0.717) is 10.6 Å². The van der Waals surface area contributed by atoms with E-state index in [-0.39, 0.29) is 5.91 Å². The molecule has 0 atom stereocenters. The molecule has 0 saturated heterocycles. The number of aromatic nitrogens is 2. The molecule has 1 N–H and O–H groups in total. The normalized spacial score (nSPS) is 10.8. The highest BCUT2D eigenvalue weighted by Gasteiger charge is 2.13. The average Bonchev–Trinajstić information content (AvgIpc) is 2.85. The first-order chi connectivity index (χ1) is 12.3. The molecule has 26 heavy (non-hydrogen) atoms. The molecule has 2 aromatic carbocycles. The van der Waals surface area contributed by atoms with Gasteiger partial charge in [-0.25, -0.2) is 4.68 Å². The van der Waals surface area contributed by atoms with Gasteiger partial charge in [0.05, 0.1) is 22.1 Å². The van der Waals surface area contributed by atoms with Crippen LogP contribution in [0.1, 0.15) is 38.4 Å². The predicted octanol–water partition coefficient (Wildman–Crippen LogP) is 5.32. The average molecular weight is 368 g/mol. The van der Waals surface area contributed by atoms with E-state index in [0.717, 1.165) is 33.9 Å². The highest BCUT2D eigenvalue weighted by Crippen LogP contribution is 2.24. The fraction of sp³-hybridized carbons (Fsp3) is 0.238. The summed E-state index contributed by atoms with van der Waals surface area (Å²) in [6.07, 6.45) is 0. The molecule has 0 spiro atoms. The fourth-order valence-electron chi connectivity index (χ4n) is 3.19. The van der Waals surface area contributed by atoms with Gasteiger partial charge in [-0.05, 0) is 70.0 Å². The van der Waals surface area contributed by atoms with Crippen LogP contribution >= 0.6 is 11.6 Å². The van der Waals surface area contributed by atoms with Gasteiger partial charge in [-0.3, -0.25) is 4.79 Å². The number of hydrogen-bond donors (Lipinski definition) is 1. The van der Waals surface area contributed by atoms with E-state index in [1.54, 1.807) is 16.8 Å². The number of halogens is 1. The Kier molecular flexibility index (Phi) is 4.88. The molecule has 0 bridgehead atoms. The van der Waals surface area contributed by atoms with Gasteiger partial charge in [-0.2, -0.15) is 5.10 Å². The third-order valence-electron chi connectivity index (χ3n) is 4.49. The lowest BCUT2D eigenvalue weighted by Gasteiger charge is -2.13. The van der Waals surface area contributed by atoms with Gasteiger partial charge in [-0.15, -0.1) is 0 Å². The lowest BCUT2D eigenvalue weighted by molar-refractivity contribution is 0.102. The Balaban J connectivity index is 1.85. The first-order valence-electron chi connectivity index (χ1n) is 8.49. The third-order valence-corrected chi connectivity index (χ3v) is 5.04. The van der Waals surface area contributed by atoms with Gasteiger partial charge < -0.3 is 5.32 Å². The van der Waals surface area contributed by atoms with Gasteiger partial charge in [-0.1, -0.05) is 29.3 Å². The van der Waals surface area contributed by atoms with E-state index in [1.165, 1.54) is 5.56 Å². The minimum absolute atomic E-state index is 0.127. The number of carbonyl (C=O) groups is 1. The van der Waals surface area contributed by atoms with Gasteiger partial charge in [0, 0.05) is 11.3 Å². The maximum Gasteiger partial charge on any atom is 0.255 e. The smallest absolute Gasteiger partial charge is 0.255 e. The monoisotopic (exact) mass is 367 g/mol. The number of rotatable bonds is 3. The molecule has 3 rings (SSSR count). The summed E-state index contributed by atoms with van der Waals surface area (Å²) in [5, 5.41) is 8.13. The zero-order valence-electron chi connectivity index (χ0n) is 15.6. The van der Waals surface area contributed by atoms with Crippen LogP contribution < -0.4 is 5.32 Å². The number of amides is 1. The molecule has 134 valence electrons. The molecule has 1 heterocycles. The van der Waals surface area contributed by atoms with Gasteiger partial charge in [0.25, 0.3) is 5.91 Å². The lowest BCUT2D eigenvalue weighted by Crippen LogP contribution is -2.14. The van der Waals surface area contributed by atoms with E-state index in [9.17, 15) is 4.79 Å². The predicted molar refractivity (Wildman–Crippen MR) is 107 cm³/mol. The second-order valence-electron chi connectivity index (χ2n) is 6.67. The van der Waals surface area contributed by atoms with Gasteiger partial charge in [0.1, 0.15) is 0 Å². The molecule has 1 aromatic heterocycles. The van der Waals surface area contributed by atoms with Crippen LogP contribution in [0, 0.1) is 34.6 Å². The summed E-state index contributed by atoms with van der Waals surface area (Å²) in [6.45, 7) is 9.86. The molecule has 0 aliphatic carbocycles. The van der Waals surface area contributed by atoms with Crippen LogP contribution in [0.2, 0.25) is 5.02 Å². The summed E-state index contributed by atoms with van der Waals surface area (Å²) in [7, 11) is 0. The highest BCUT2D eigenvalue weighted by molar-refractivity contribution is 6.31. The zero-order valence-corrected chi connectivity index (χ0v) is 16.4. The fourth-order valence-corrected chi connectivity index (χ4v) is 3.31. The summed E-state index contributed by atoms with van der Waals surface area (Å²) >= 11 is 6.21. The molecule has 0 radical (unpaired) electrons. The van der Waals surface area contributed by atoms with Crippen LogP contribution in [-0.4, -0.2) is 15.7 Å². The number of benzene rings is 2. The van der Waals surface area contributed by atoms with Crippen LogP contribution in [0.3, 0.4) is 0 Å². The van der Waals surface area contributed by atoms with Crippen molar-refractivity contribution in [3.63, 3.8) is 0 Å². The molecule has 4 nitrogen and oxygen atoms in total. The molecule has 0 aliphatic rings. The molecule has 0 unspecified atom stereocenters. The number of nitrogens with zero attached hydrogens (tertiary/aromatic N) is 2. The van der Waals surface area contributed by atoms with Crippen molar-refractivity contribution >= 4 is 23.2 Å². The largest absolute Gasteiger partial charge is 0.322 e. The quantitative estimate of drug-likeness (QED) is 0.681. The van der Waals surface area contributed by atoms with Crippen molar-refractivity contribution in [3.8, 4) is 5.69 Å². The number of aryl methyl sites for hydroxylation is 4. The Hall–Kier alpha value is -2.59. The number of nitrogens with one attached hydrogen (secondary N) is 1. The maximum atomic E-state index is 12.6. The second kappa shape index (κ2) is 6.96. The van der Waals surface area contributed by atoms with Crippen molar-refractivity contribution in [1.82, 2.24) is 9.78 Å². The lowest BCUT2D eigenvalue weighted by atomic mass is 10.0. The Morgan fingerprint density at radius 3 is 2.08 bits per heavy atom. The van der Waals surface area contributed by atoms with Crippen LogP contribution in [0.25, 0.3) is 5.69 Å². The van der Waals surface area contributed by atoms with E-state index >= 15 is 0 Å². The van der Waals surface area contributed by atoms with E-state index < -0.39 is 0 Å². The first kappa shape index (κ1) is 18.2. The SMILES string of the molecule is Cc1cc(C)c(NC(=O)c2ccc(-n3nc(C)c(Cl)c3C)cc2)c(C)c1. The molecule has 0 aliphatic heterocycles. The Morgan fingerprint density at radius 1 is 1.00 bits per heavy atom. The molecule has 0 saturated carbocycles. The van der Waals surface area contributed by atoms with Gasteiger partial charge >= 0.3 is 0 Å². The van der Waals surface area contributed by atoms with Gasteiger partial charge in [0.2, 0.25) is 0 Å². The number of hydrogen-bond acceptors (Lipinski definition) is 2. The third kappa shape index (κ3) is 3.37. The molecule has 3 aromatic rings. The Labute approximate surface area is 158 Å². The Morgan fingerprint density at radius 2 is 1.58 bits per heavy atom. The summed E-state index contributed by atoms with van der Waals surface area (Å²) in [4.78, 5) is 12.6. The second-order valence-corrected chi connectivity index (χ2v) is 7.05. The summed E-state index contributed by atoms with van der Waals surface area (Å²) < 4.78 is 1.79. The molecular formula is C21H22ClN3O. The minimum atomic E-state index is -0.127. The van der Waals surface area contributed by atoms with E-state index in [2.05, 4.69) is 29.5 Å². The summed E-state index contributed by atoms with van der Waals surface area (Å²) in [5.41, 5.74) is 7.32. The van der Waals surface area contributed by atoms with Crippen LogP contribution in [0.15, 0.2) is 36.4 Å². The van der Waals surface area contributed by atoms with Crippen molar-refractivity contribution in [2.24, 2.45) is 0 Å². The number of carbonyl (C=O) groups excluding carboxylic acids is 1. The van der Waals surface area contributed by atoms with Crippen molar-refractivity contribution in [1.29, 1.82) is 0 Å². The van der Waals surface area contributed by atoms with Crippen molar-refractivity contribution < 1.29 is 4.79 Å². The van der Waals surface area contributed by atoms with Crippen molar-refractivity contribution in [2.75, 3.05) is 5.32 Å². The van der Waals surface area contributed by atoms with E-state index in [4.69, 9.17) is 11.6 Å². The minimum Gasteiger partial charge on any atom is -0.322 e. The molecule has 1 amide bonds. The maximum absolute atomic E-state index is 12.6. The standard InChI is InChI=1S/C21H22ClN3O/c1-12-10-13(2)20(14(3)11-12)23-21(26)17-6-8-18(9-7-17)25-16(5)19(22)15(4)24-25/h6-11H,1-5H3,(H,23,26). The van der Waals surface area contributed by atoms with Gasteiger partial charge in [0.15, 0.2) is 0 Å². The Bertz CT molecular complexity index is 964. The van der Waals surface area contributed by atoms with Crippen LogP contribution in [0.4, 0.5) is 5.69 Å². The van der Waals surface area contributed by atoms with Crippen molar-refractivity contribution in [3.05, 3.63) is 75.1 Å². The van der Waals surface area contributed by atoms with Crippen molar-refractivity contribution in [2.45, 2.75) is 34.6 Å². The molecule has 5 heteroatoms. The first-order valence-corrected chi connectivity index (χ1v) is 8.87. The van der Waals surface area contributed by atoms with Crippen LogP contribution in [0.5, 0.6) is 0 Å². The number of anilines is 1. The summed E-state index contributed by atoms with van der Waals surface area (Å²) in [5.74, 6) is -0.127. The molecule has 0 fully saturated rings. The van der Waals surface area contributed by atoms with E-state index in [1.807, 2.05) is 39.8 Å². The summed E-state index contributed by atoms with van der Waals surface area (Å²) in [6, 6.07) is 11.5. The van der Waals surface area contributed by atoms with Crippen LogP contribution in [-0.2, 0) is 0 Å². The highest BCUT2D eigenvalue weighted by atomic mass is 35.5. The topological polar surface area (TPSA) is 46.9 Å². The molecular weight excluding hydrogens is 346 g/mol. The zero-order chi connectivity index (χ0) is 19.0.